The Kier molecular flexibility index (Phi) is 3.42. The molecule has 1 heteroatoms. The third kappa shape index (κ3) is 2.16. The number of rotatable bonds is 5. The van der Waals surface area contributed by atoms with E-state index >= 15 is 0 Å². The maximum atomic E-state index is 5.98. The lowest BCUT2D eigenvalue weighted by atomic mass is 10.1. The molecular weight excluding hydrogens is 244 g/mol. The van der Waals surface area contributed by atoms with Gasteiger partial charge in [0.05, 0.1) is 6.61 Å². The molecule has 0 spiro atoms. The number of hydrogen-bond acceptors (Lipinski definition) is 1. The van der Waals surface area contributed by atoms with Gasteiger partial charge in [-0.15, -0.1) is 13.2 Å². The van der Waals surface area contributed by atoms with E-state index < -0.39 is 0 Å². The maximum Gasteiger partial charge on any atom is 0.123 e. The van der Waals surface area contributed by atoms with E-state index in [-0.39, 0.29) is 5.92 Å². The number of ether oxygens (including phenoxy) is 1. The highest BCUT2D eigenvalue weighted by molar-refractivity contribution is 5.78. The van der Waals surface area contributed by atoms with Gasteiger partial charge < -0.3 is 4.74 Å². The molecule has 0 saturated carbocycles. The molecule has 100 valence electrons. The van der Waals surface area contributed by atoms with Gasteiger partial charge in [-0.05, 0) is 22.8 Å². The van der Waals surface area contributed by atoms with Crippen molar-refractivity contribution in [2.24, 2.45) is 5.92 Å². The molecule has 0 bridgehead atoms. The van der Waals surface area contributed by atoms with Crippen molar-refractivity contribution >= 4 is 0 Å². The molecule has 2 aromatic rings. The SMILES string of the molecule is C=CC(C=C)COc1cccc2c1Cc1ccccc1-2. The quantitative estimate of drug-likeness (QED) is 0.609. The van der Waals surface area contributed by atoms with Crippen LogP contribution in [-0.4, -0.2) is 6.61 Å². The van der Waals surface area contributed by atoms with Gasteiger partial charge in [-0.2, -0.15) is 0 Å². The van der Waals surface area contributed by atoms with Crippen molar-refractivity contribution in [3.63, 3.8) is 0 Å². The topological polar surface area (TPSA) is 9.23 Å². The second-order valence-corrected chi connectivity index (χ2v) is 5.06. The molecule has 0 N–H and O–H groups in total. The molecule has 2 aromatic carbocycles. The molecule has 0 unspecified atom stereocenters. The smallest absolute Gasteiger partial charge is 0.123 e. The van der Waals surface area contributed by atoms with Crippen LogP contribution in [-0.2, 0) is 6.42 Å². The highest BCUT2D eigenvalue weighted by Crippen LogP contribution is 2.40. The van der Waals surface area contributed by atoms with Crippen LogP contribution in [0.1, 0.15) is 11.1 Å². The molecule has 1 nitrogen and oxygen atoms in total. The van der Waals surface area contributed by atoms with Crippen molar-refractivity contribution in [1.29, 1.82) is 0 Å². The normalized spacial score (nSPS) is 11.8. The largest absolute Gasteiger partial charge is 0.492 e. The van der Waals surface area contributed by atoms with Gasteiger partial charge in [-0.1, -0.05) is 48.6 Å². The van der Waals surface area contributed by atoms with E-state index in [1.807, 2.05) is 18.2 Å². The monoisotopic (exact) mass is 262 g/mol. The molecular formula is C19H18O. The van der Waals surface area contributed by atoms with Gasteiger partial charge in [0.2, 0.25) is 0 Å². The Morgan fingerprint density at radius 2 is 1.75 bits per heavy atom. The lowest BCUT2D eigenvalue weighted by Gasteiger charge is -2.13. The molecule has 0 amide bonds. The van der Waals surface area contributed by atoms with Crippen molar-refractivity contribution in [1.82, 2.24) is 0 Å². The summed E-state index contributed by atoms with van der Waals surface area (Å²) >= 11 is 0. The molecule has 3 rings (SSSR count). The molecule has 0 heterocycles. The zero-order chi connectivity index (χ0) is 13.9. The van der Waals surface area contributed by atoms with E-state index in [1.54, 1.807) is 0 Å². The van der Waals surface area contributed by atoms with Crippen molar-refractivity contribution in [2.75, 3.05) is 6.61 Å². The van der Waals surface area contributed by atoms with E-state index in [1.165, 1.54) is 22.3 Å². The molecule has 20 heavy (non-hydrogen) atoms. The Hall–Kier alpha value is -2.28. The molecule has 0 aliphatic heterocycles. The zero-order valence-electron chi connectivity index (χ0n) is 11.5. The molecule has 1 aliphatic carbocycles. The molecule has 0 fully saturated rings. The van der Waals surface area contributed by atoms with Crippen molar-refractivity contribution in [2.45, 2.75) is 6.42 Å². The van der Waals surface area contributed by atoms with E-state index in [9.17, 15) is 0 Å². The third-order valence-electron chi connectivity index (χ3n) is 3.84. The summed E-state index contributed by atoms with van der Waals surface area (Å²) in [4.78, 5) is 0. The van der Waals surface area contributed by atoms with Crippen LogP contribution in [0.4, 0.5) is 0 Å². The summed E-state index contributed by atoms with van der Waals surface area (Å²) in [5.41, 5.74) is 5.30. The van der Waals surface area contributed by atoms with Crippen LogP contribution >= 0.6 is 0 Å². The summed E-state index contributed by atoms with van der Waals surface area (Å²) in [5, 5.41) is 0. The summed E-state index contributed by atoms with van der Waals surface area (Å²) in [5.74, 6) is 1.17. The second-order valence-electron chi connectivity index (χ2n) is 5.06. The van der Waals surface area contributed by atoms with Crippen LogP contribution in [0.15, 0.2) is 67.8 Å². The summed E-state index contributed by atoms with van der Waals surface area (Å²) < 4.78 is 5.98. The summed E-state index contributed by atoms with van der Waals surface area (Å²) in [6.07, 6.45) is 4.68. The lowest BCUT2D eigenvalue weighted by Crippen LogP contribution is -2.07. The van der Waals surface area contributed by atoms with Gasteiger partial charge in [0.1, 0.15) is 5.75 Å². The Morgan fingerprint density at radius 3 is 2.55 bits per heavy atom. The first-order valence-electron chi connectivity index (χ1n) is 6.91. The minimum absolute atomic E-state index is 0.189. The lowest BCUT2D eigenvalue weighted by molar-refractivity contribution is 0.295. The Morgan fingerprint density at radius 1 is 1.00 bits per heavy atom. The summed E-state index contributed by atoms with van der Waals surface area (Å²) in [6.45, 7) is 8.19. The Balaban J connectivity index is 1.89. The Labute approximate surface area is 120 Å². The average molecular weight is 262 g/mol. The van der Waals surface area contributed by atoms with E-state index in [0.717, 1.165) is 12.2 Å². The fourth-order valence-electron chi connectivity index (χ4n) is 2.68. The first-order valence-corrected chi connectivity index (χ1v) is 6.91. The van der Waals surface area contributed by atoms with Crippen molar-refractivity contribution in [3.8, 4) is 16.9 Å². The highest BCUT2D eigenvalue weighted by Gasteiger charge is 2.21. The molecule has 0 aromatic heterocycles. The fourth-order valence-corrected chi connectivity index (χ4v) is 2.68. The van der Waals surface area contributed by atoms with Crippen LogP contribution in [0.2, 0.25) is 0 Å². The number of fused-ring (bicyclic) bond motifs is 3. The van der Waals surface area contributed by atoms with Crippen molar-refractivity contribution in [3.05, 3.63) is 78.9 Å². The average Bonchev–Trinajstić information content (AvgIpc) is 2.88. The van der Waals surface area contributed by atoms with Crippen LogP contribution in [0.3, 0.4) is 0 Å². The van der Waals surface area contributed by atoms with Crippen molar-refractivity contribution < 1.29 is 4.74 Å². The summed E-state index contributed by atoms with van der Waals surface area (Å²) in [6, 6.07) is 14.8. The minimum Gasteiger partial charge on any atom is -0.492 e. The zero-order valence-corrected chi connectivity index (χ0v) is 11.5. The maximum absolute atomic E-state index is 5.98. The first-order chi connectivity index (χ1) is 9.83. The minimum atomic E-state index is 0.189. The van der Waals surface area contributed by atoms with Gasteiger partial charge in [0.15, 0.2) is 0 Å². The van der Waals surface area contributed by atoms with Gasteiger partial charge in [-0.25, -0.2) is 0 Å². The molecule has 0 radical (unpaired) electrons. The molecule has 0 saturated heterocycles. The van der Waals surface area contributed by atoms with Gasteiger partial charge in [0, 0.05) is 17.9 Å². The number of benzene rings is 2. The van der Waals surface area contributed by atoms with Crippen LogP contribution in [0.25, 0.3) is 11.1 Å². The van der Waals surface area contributed by atoms with Crippen LogP contribution < -0.4 is 4.74 Å². The predicted octanol–water partition coefficient (Wildman–Crippen LogP) is 4.62. The highest BCUT2D eigenvalue weighted by atomic mass is 16.5. The third-order valence-corrected chi connectivity index (χ3v) is 3.84. The predicted molar refractivity (Wildman–Crippen MR) is 84.1 cm³/mol. The van der Waals surface area contributed by atoms with Gasteiger partial charge in [0.25, 0.3) is 0 Å². The molecule has 0 atom stereocenters. The first kappa shape index (κ1) is 12.7. The van der Waals surface area contributed by atoms with Gasteiger partial charge in [-0.3, -0.25) is 0 Å². The second kappa shape index (κ2) is 5.38. The van der Waals surface area contributed by atoms with Crippen LogP contribution in [0.5, 0.6) is 5.75 Å². The fraction of sp³-hybridized carbons (Fsp3) is 0.158. The number of hydrogen-bond donors (Lipinski definition) is 0. The molecule has 1 aliphatic rings. The van der Waals surface area contributed by atoms with Crippen LogP contribution in [0, 0.1) is 5.92 Å². The van der Waals surface area contributed by atoms with E-state index in [0.29, 0.717) is 6.61 Å². The van der Waals surface area contributed by atoms with E-state index in [2.05, 4.69) is 49.6 Å². The Bertz CT molecular complexity index is 647. The standard InChI is InChI=1S/C19H18O/c1-3-14(4-2)13-20-19-11-7-10-17-16-9-6-5-8-15(16)12-18(17)19/h3-11,14H,1-2,12-13H2. The van der Waals surface area contributed by atoms with Gasteiger partial charge >= 0.3 is 0 Å². The summed E-state index contributed by atoms with van der Waals surface area (Å²) in [7, 11) is 0. The van der Waals surface area contributed by atoms with E-state index in [4.69, 9.17) is 4.74 Å².